The van der Waals surface area contributed by atoms with Gasteiger partial charge in [0, 0.05) is 17.3 Å². The number of allylic oxidation sites excluding steroid dienone is 1. The lowest BCUT2D eigenvalue weighted by molar-refractivity contribution is -0.121. The molecule has 0 saturated carbocycles. The standard InChI is InChI=1S/C10H19NO2.C7H7NO.C7H16/c1-4-5-6-10(9(3)12)7-8(2)11-13;9-6-8-7-4-2-1-3-5-7;1-4-5-6-7(2)3/h10-11,13H,2,4-7H2,1,3H3;1-6H,(H,8,9);7H,4-6H2,1-3H3. The molecule has 166 valence electrons. The van der Waals surface area contributed by atoms with E-state index in [0.29, 0.717) is 18.5 Å². The number of benzene rings is 1. The molecule has 0 aliphatic carbocycles. The van der Waals surface area contributed by atoms with Crippen LogP contribution in [0.15, 0.2) is 42.6 Å². The Morgan fingerprint density at radius 1 is 1.10 bits per heavy atom. The molecule has 0 aromatic heterocycles. The van der Waals surface area contributed by atoms with E-state index in [1.165, 1.54) is 19.3 Å². The van der Waals surface area contributed by atoms with Crippen LogP contribution in [0.4, 0.5) is 5.69 Å². The topological polar surface area (TPSA) is 78.4 Å². The Bertz CT molecular complexity index is 530. The second kappa shape index (κ2) is 20.6. The minimum Gasteiger partial charge on any atom is -0.329 e. The summed E-state index contributed by atoms with van der Waals surface area (Å²) in [5.41, 5.74) is 3.32. The van der Waals surface area contributed by atoms with Crippen LogP contribution >= 0.6 is 0 Å². The fourth-order valence-electron chi connectivity index (χ4n) is 2.46. The van der Waals surface area contributed by atoms with Crippen molar-refractivity contribution in [2.24, 2.45) is 11.8 Å². The quantitative estimate of drug-likeness (QED) is 0.279. The van der Waals surface area contributed by atoms with Crippen LogP contribution in [-0.2, 0) is 9.59 Å². The van der Waals surface area contributed by atoms with E-state index in [2.05, 4.69) is 39.6 Å². The summed E-state index contributed by atoms with van der Waals surface area (Å²) < 4.78 is 0. The Kier molecular flexibility index (Phi) is 20.6. The van der Waals surface area contributed by atoms with Crippen LogP contribution in [0.25, 0.3) is 0 Å². The van der Waals surface area contributed by atoms with E-state index in [4.69, 9.17) is 5.21 Å². The molecule has 0 saturated heterocycles. The summed E-state index contributed by atoms with van der Waals surface area (Å²) in [6, 6.07) is 9.29. The monoisotopic (exact) mass is 406 g/mol. The highest BCUT2D eigenvalue weighted by molar-refractivity contribution is 5.78. The number of para-hydroxylation sites is 1. The summed E-state index contributed by atoms with van der Waals surface area (Å²) in [7, 11) is 0. The number of rotatable bonds is 12. The van der Waals surface area contributed by atoms with E-state index in [1.807, 2.05) is 35.8 Å². The van der Waals surface area contributed by atoms with Crippen molar-refractivity contribution in [2.75, 3.05) is 5.32 Å². The minimum atomic E-state index is 0.00657. The molecule has 5 nitrogen and oxygen atoms in total. The molecule has 0 aliphatic rings. The number of hydrogen-bond donors (Lipinski definition) is 3. The molecule has 0 aliphatic heterocycles. The van der Waals surface area contributed by atoms with E-state index >= 15 is 0 Å². The average molecular weight is 407 g/mol. The van der Waals surface area contributed by atoms with Crippen molar-refractivity contribution in [3.05, 3.63) is 42.6 Å². The summed E-state index contributed by atoms with van der Waals surface area (Å²) >= 11 is 0. The number of amides is 1. The zero-order valence-electron chi connectivity index (χ0n) is 19.0. The van der Waals surface area contributed by atoms with Gasteiger partial charge in [-0.1, -0.05) is 84.6 Å². The Morgan fingerprint density at radius 2 is 1.66 bits per heavy atom. The number of anilines is 1. The van der Waals surface area contributed by atoms with E-state index in [1.54, 1.807) is 6.92 Å². The smallest absolute Gasteiger partial charge is 0.211 e. The Hall–Kier alpha value is -2.14. The third kappa shape index (κ3) is 20.4. The molecule has 1 aromatic rings. The lowest BCUT2D eigenvalue weighted by atomic mass is 9.94. The summed E-state index contributed by atoms with van der Waals surface area (Å²) in [5, 5.41) is 11.1. The first-order valence-corrected chi connectivity index (χ1v) is 10.7. The average Bonchev–Trinajstić information content (AvgIpc) is 2.71. The molecule has 0 spiro atoms. The van der Waals surface area contributed by atoms with E-state index < -0.39 is 0 Å². The Balaban J connectivity index is 0. The lowest BCUT2D eigenvalue weighted by Gasteiger charge is -2.13. The van der Waals surface area contributed by atoms with Gasteiger partial charge >= 0.3 is 0 Å². The van der Waals surface area contributed by atoms with Gasteiger partial charge in [-0.3, -0.25) is 20.3 Å². The highest BCUT2D eigenvalue weighted by atomic mass is 16.5. The number of Topliss-reactive ketones (excluding diaryl/α,β-unsaturated/α-hetero) is 1. The highest BCUT2D eigenvalue weighted by Gasteiger charge is 2.14. The van der Waals surface area contributed by atoms with Gasteiger partial charge in [-0.05, 0) is 37.8 Å². The van der Waals surface area contributed by atoms with Crippen LogP contribution in [0.2, 0.25) is 0 Å². The minimum absolute atomic E-state index is 0.00657. The number of hydrogen-bond acceptors (Lipinski definition) is 4. The SMILES string of the molecule is C=C(CC(CCCC)C(C)=O)NO.CCCCC(C)C.O=CNc1ccccc1. The fourth-order valence-corrected chi connectivity index (χ4v) is 2.46. The highest BCUT2D eigenvalue weighted by Crippen LogP contribution is 2.16. The zero-order valence-corrected chi connectivity index (χ0v) is 19.0. The van der Waals surface area contributed by atoms with Gasteiger partial charge in [-0.2, -0.15) is 0 Å². The molecule has 1 unspecified atom stereocenters. The maximum Gasteiger partial charge on any atom is 0.211 e. The van der Waals surface area contributed by atoms with Crippen molar-refractivity contribution in [1.82, 2.24) is 5.48 Å². The molecule has 1 aromatic carbocycles. The number of carbonyl (C=O) groups excluding carboxylic acids is 2. The van der Waals surface area contributed by atoms with Gasteiger partial charge in [-0.15, -0.1) is 0 Å². The van der Waals surface area contributed by atoms with Crippen molar-refractivity contribution in [2.45, 2.75) is 79.6 Å². The summed E-state index contributed by atoms with van der Waals surface area (Å²) in [5.74, 6) is 1.08. The molecule has 1 amide bonds. The van der Waals surface area contributed by atoms with Crippen LogP contribution in [0.1, 0.15) is 79.6 Å². The number of unbranched alkanes of at least 4 members (excludes halogenated alkanes) is 2. The first-order valence-electron chi connectivity index (χ1n) is 10.7. The Labute approximate surface area is 177 Å². The third-order valence-corrected chi connectivity index (χ3v) is 4.27. The van der Waals surface area contributed by atoms with E-state index in [0.717, 1.165) is 30.9 Å². The fraction of sp³-hybridized carbons (Fsp3) is 0.583. The van der Waals surface area contributed by atoms with Gasteiger partial charge in [0.1, 0.15) is 5.78 Å². The van der Waals surface area contributed by atoms with Gasteiger partial charge in [0.2, 0.25) is 6.41 Å². The van der Waals surface area contributed by atoms with Crippen molar-refractivity contribution in [3.63, 3.8) is 0 Å². The van der Waals surface area contributed by atoms with Crippen LogP contribution in [0.5, 0.6) is 0 Å². The predicted molar refractivity (Wildman–Crippen MR) is 123 cm³/mol. The largest absolute Gasteiger partial charge is 0.329 e. The number of hydroxylamine groups is 1. The zero-order chi connectivity index (χ0) is 22.5. The number of nitrogens with one attached hydrogen (secondary N) is 2. The maximum absolute atomic E-state index is 11.2. The summed E-state index contributed by atoms with van der Waals surface area (Å²) in [6.45, 7) is 14.1. The molecular formula is C24H42N2O3. The van der Waals surface area contributed by atoms with Crippen LogP contribution < -0.4 is 10.8 Å². The molecular weight excluding hydrogens is 364 g/mol. The Morgan fingerprint density at radius 3 is 2.03 bits per heavy atom. The maximum atomic E-state index is 11.2. The van der Waals surface area contributed by atoms with Crippen LogP contribution in [0.3, 0.4) is 0 Å². The summed E-state index contributed by atoms with van der Waals surface area (Å²) in [6.07, 6.45) is 8.35. The second-order valence-corrected chi connectivity index (χ2v) is 7.53. The van der Waals surface area contributed by atoms with Crippen LogP contribution in [-0.4, -0.2) is 17.4 Å². The number of ketones is 1. The van der Waals surface area contributed by atoms with Gasteiger partial charge in [0.15, 0.2) is 0 Å². The molecule has 0 radical (unpaired) electrons. The van der Waals surface area contributed by atoms with Crippen LogP contribution in [0, 0.1) is 11.8 Å². The second-order valence-electron chi connectivity index (χ2n) is 7.53. The third-order valence-electron chi connectivity index (χ3n) is 4.27. The molecule has 29 heavy (non-hydrogen) atoms. The first-order chi connectivity index (χ1) is 13.8. The molecule has 0 bridgehead atoms. The van der Waals surface area contributed by atoms with Crippen molar-refractivity contribution in [1.29, 1.82) is 0 Å². The predicted octanol–water partition coefficient (Wildman–Crippen LogP) is 6.35. The molecule has 1 rings (SSSR count). The molecule has 0 heterocycles. The van der Waals surface area contributed by atoms with Crippen molar-refractivity contribution < 1.29 is 14.8 Å². The number of carbonyl (C=O) groups is 2. The van der Waals surface area contributed by atoms with Crippen molar-refractivity contribution >= 4 is 17.9 Å². The summed E-state index contributed by atoms with van der Waals surface area (Å²) in [4.78, 5) is 21.0. The van der Waals surface area contributed by atoms with E-state index in [-0.39, 0.29) is 11.7 Å². The molecule has 0 fully saturated rings. The first kappa shape index (κ1) is 29.1. The van der Waals surface area contributed by atoms with Gasteiger partial charge in [0.25, 0.3) is 0 Å². The van der Waals surface area contributed by atoms with Gasteiger partial charge in [0.05, 0.1) is 0 Å². The van der Waals surface area contributed by atoms with Gasteiger partial charge in [-0.25, -0.2) is 0 Å². The van der Waals surface area contributed by atoms with Gasteiger partial charge < -0.3 is 5.32 Å². The van der Waals surface area contributed by atoms with Crippen molar-refractivity contribution in [3.8, 4) is 0 Å². The molecule has 3 N–H and O–H groups in total. The molecule has 1 atom stereocenters. The lowest BCUT2D eigenvalue weighted by Crippen LogP contribution is -2.16. The normalized spacial score (nSPS) is 10.6. The molecule has 5 heteroatoms. The van der Waals surface area contributed by atoms with E-state index in [9.17, 15) is 9.59 Å².